The minimum Gasteiger partial charge on any atom is -0.298 e. The van der Waals surface area contributed by atoms with Crippen LogP contribution in [0.3, 0.4) is 0 Å². The summed E-state index contributed by atoms with van der Waals surface area (Å²) in [6.07, 6.45) is 0. The molecule has 3 heterocycles. The van der Waals surface area contributed by atoms with Crippen LogP contribution in [0.15, 0.2) is 16.2 Å². The minimum absolute atomic E-state index is 0.183. The zero-order valence-electron chi connectivity index (χ0n) is 7.31. The van der Waals surface area contributed by atoms with Crippen LogP contribution in [0, 0.1) is 6.92 Å². The maximum Gasteiger partial charge on any atom is 0.333 e. The van der Waals surface area contributed by atoms with E-state index < -0.39 is 0 Å². The lowest BCUT2D eigenvalue weighted by Gasteiger charge is -1.93. The van der Waals surface area contributed by atoms with Crippen molar-refractivity contribution >= 4 is 27.2 Å². The van der Waals surface area contributed by atoms with Gasteiger partial charge in [0, 0.05) is 0 Å². The molecule has 0 atom stereocenters. The zero-order chi connectivity index (χ0) is 9.71. The van der Waals surface area contributed by atoms with Crippen molar-refractivity contribution in [3.63, 3.8) is 0 Å². The molecule has 0 radical (unpaired) electrons. The summed E-state index contributed by atoms with van der Waals surface area (Å²) < 4.78 is 1.48. The lowest BCUT2D eigenvalue weighted by molar-refractivity contribution is 0.950. The Morgan fingerprint density at radius 1 is 1.50 bits per heavy atom. The van der Waals surface area contributed by atoms with Crippen LogP contribution >= 0.6 is 11.3 Å². The Balaban J connectivity index is 2.76. The van der Waals surface area contributed by atoms with E-state index in [1.165, 1.54) is 15.7 Å². The third kappa shape index (κ3) is 0.805. The Labute approximate surface area is 82.0 Å². The zero-order valence-corrected chi connectivity index (χ0v) is 8.13. The Hall–Kier alpha value is -1.69. The molecule has 0 aliphatic heterocycles. The molecular weight excluding hydrogens is 200 g/mol. The van der Waals surface area contributed by atoms with E-state index in [4.69, 9.17) is 0 Å². The first-order chi connectivity index (χ1) is 6.77. The van der Waals surface area contributed by atoms with Gasteiger partial charge in [-0.1, -0.05) is 0 Å². The van der Waals surface area contributed by atoms with Gasteiger partial charge in [0.05, 0.1) is 5.39 Å². The summed E-state index contributed by atoms with van der Waals surface area (Å²) in [5.74, 6) is 0.606. The van der Waals surface area contributed by atoms with E-state index in [0.717, 1.165) is 10.2 Å². The summed E-state index contributed by atoms with van der Waals surface area (Å²) in [4.78, 5) is 15.2. The van der Waals surface area contributed by atoms with Crippen molar-refractivity contribution in [3.8, 4) is 0 Å². The van der Waals surface area contributed by atoms with Crippen molar-refractivity contribution in [2.24, 2.45) is 0 Å². The Kier molecular flexibility index (Phi) is 1.33. The molecule has 3 aromatic rings. The van der Waals surface area contributed by atoms with Crippen LogP contribution in [-0.4, -0.2) is 19.6 Å². The largest absolute Gasteiger partial charge is 0.333 e. The highest BCUT2D eigenvalue weighted by Crippen LogP contribution is 2.20. The molecule has 0 fully saturated rings. The maximum absolute atomic E-state index is 11.6. The summed E-state index contributed by atoms with van der Waals surface area (Å²) in [5, 5.41) is 10.7. The molecule has 5 nitrogen and oxygen atoms in total. The van der Waals surface area contributed by atoms with Crippen LogP contribution < -0.4 is 5.69 Å². The smallest absolute Gasteiger partial charge is 0.298 e. The Morgan fingerprint density at radius 3 is 3.21 bits per heavy atom. The molecule has 3 rings (SSSR count). The molecule has 0 spiro atoms. The lowest BCUT2D eigenvalue weighted by Crippen LogP contribution is -2.16. The highest BCUT2D eigenvalue weighted by atomic mass is 32.1. The van der Waals surface area contributed by atoms with Crippen molar-refractivity contribution < 1.29 is 0 Å². The van der Waals surface area contributed by atoms with Crippen molar-refractivity contribution in [2.45, 2.75) is 6.92 Å². The number of hydrogen-bond donors (Lipinski definition) is 1. The van der Waals surface area contributed by atoms with E-state index in [1.54, 1.807) is 6.92 Å². The number of aromatic amines is 1. The van der Waals surface area contributed by atoms with Crippen LogP contribution in [0.4, 0.5) is 0 Å². The van der Waals surface area contributed by atoms with Crippen molar-refractivity contribution in [1.29, 1.82) is 0 Å². The van der Waals surface area contributed by atoms with Crippen LogP contribution in [0.1, 0.15) is 5.82 Å². The fraction of sp³-hybridized carbons (Fsp3) is 0.125. The highest BCUT2D eigenvalue weighted by Gasteiger charge is 2.09. The van der Waals surface area contributed by atoms with Gasteiger partial charge in [0.2, 0.25) is 0 Å². The fourth-order valence-corrected chi connectivity index (χ4v) is 2.29. The molecule has 0 amide bonds. The van der Waals surface area contributed by atoms with Crippen molar-refractivity contribution in [2.75, 3.05) is 0 Å². The summed E-state index contributed by atoms with van der Waals surface area (Å²) >= 11 is 1.49. The second-order valence-electron chi connectivity index (χ2n) is 3.00. The van der Waals surface area contributed by atoms with Gasteiger partial charge in [-0.2, -0.15) is 0 Å². The molecule has 0 saturated heterocycles. The normalized spacial score (nSPS) is 11.5. The van der Waals surface area contributed by atoms with Gasteiger partial charge in [-0.15, -0.1) is 21.5 Å². The highest BCUT2D eigenvalue weighted by molar-refractivity contribution is 7.16. The Morgan fingerprint density at radius 2 is 2.36 bits per heavy atom. The number of H-pyrrole nitrogens is 1. The first kappa shape index (κ1) is 7.69. The lowest BCUT2D eigenvalue weighted by atomic mass is 10.4. The number of hydrogen-bond acceptors (Lipinski definition) is 4. The second kappa shape index (κ2) is 2.42. The van der Waals surface area contributed by atoms with E-state index in [2.05, 4.69) is 15.2 Å². The molecule has 14 heavy (non-hydrogen) atoms. The van der Waals surface area contributed by atoms with Crippen molar-refractivity contribution in [3.05, 3.63) is 27.8 Å². The standard InChI is InChI=1S/C8H6N4OS/c1-4-10-11-6-5-2-3-14-7(5)9-8(13)12(4)6/h2-3H,1H3,(H,9,13). The summed E-state index contributed by atoms with van der Waals surface area (Å²) in [6, 6.07) is 1.93. The van der Waals surface area contributed by atoms with E-state index in [-0.39, 0.29) is 5.69 Å². The molecule has 3 aromatic heterocycles. The average Bonchev–Trinajstić information content (AvgIpc) is 2.71. The number of nitrogens with one attached hydrogen (secondary N) is 1. The van der Waals surface area contributed by atoms with Crippen molar-refractivity contribution in [1.82, 2.24) is 19.6 Å². The number of aromatic nitrogens is 4. The van der Waals surface area contributed by atoms with E-state index in [1.807, 2.05) is 11.4 Å². The quantitative estimate of drug-likeness (QED) is 0.595. The summed E-state index contributed by atoms with van der Waals surface area (Å²) in [5.41, 5.74) is 0.444. The van der Waals surface area contributed by atoms with E-state index >= 15 is 0 Å². The van der Waals surface area contributed by atoms with Crippen LogP contribution in [0.25, 0.3) is 15.9 Å². The maximum atomic E-state index is 11.6. The van der Waals surface area contributed by atoms with Crippen LogP contribution in [0.2, 0.25) is 0 Å². The van der Waals surface area contributed by atoms with Gasteiger partial charge in [-0.3, -0.25) is 4.98 Å². The predicted octanol–water partition coefficient (Wildman–Crippen LogP) is 0.941. The molecule has 0 aliphatic carbocycles. The molecule has 0 aliphatic rings. The molecule has 0 aromatic carbocycles. The molecule has 6 heteroatoms. The first-order valence-electron chi connectivity index (χ1n) is 4.08. The van der Waals surface area contributed by atoms with Crippen LogP contribution in [-0.2, 0) is 0 Å². The molecule has 1 N–H and O–H groups in total. The third-order valence-electron chi connectivity index (χ3n) is 2.15. The molecule has 70 valence electrons. The SMILES string of the molecule is Cc1nnc2c3ccsc3[nH]c(=O)n12. The van der Waals surface area contributed by atoms with E-state index in [9.17, 15) is 4.79 Å². The van der Waals surface area contributed by atoms with Gasteiger partial charge < -0.3 is 0 Å². The van der Waals surface area contributed by atoms with Gasteiger partial charge in [-0.25, -0.2) is 9.20 Å². The number of aryl methyl sites for hydroxylation is 1. The molecule has 0 saturated carbocycles. The minimum atomic E-state index is -0.183. The summed E-state index contributed by atoms with van der Waals surface area (Å²) in [6.45, 7) is 1.76. The first-order valence-corrected chi connectivity index (χ1v) is 4.96. The topological polar surface area (TPSA) is 63.0 Å². The molecule has 0 bridgehead atoms. The van der Waals surface area contributed by atoms with Gasteiger partial charge in [-0.05, 0) is 18.4 Å². The average molecular weight is 206 g/mol. The van der Waals surface area contributed by atoms with Gasteiger partial charge in [0.15, 0.2) is 5.65 Å². The molecule has 0 unspecified atom stereocenters. The van der Waals surface area contributed by atoms with Gasteiger partial charge >= 0.3 is 5.69 Å². The third-order valence-corrected chi connectivity index (χ3v) is 2.98. The number of thiophene rings is 1. The predicted molar refractivity (Wildman–Crippen MR) is 53.7 cm³/mol. The number of rotatable bonds is 0. The van der Waals surface area contributed by atoms with E-state index in [0.29, 0.717) is 11.5 Å². The van der Waals surface area contributed by atoms with Gasteiger partial charge in [0.25, 0.3) is 0 Å². The molecular formula is C8H6N4OS. The fourth-order valence-electron chi connectivity index (χ4n) is 1.52. The number of nitrogens with zero attached hydrogens (tertiary/aromatic N) is 3. The van der Waals surface area contributed by atoms with Gasteiger partial charge in [0.1, 0.15) is 10.7 Å². The van der Waals surface area contributed by atoms with Crippen LogP contribution in [0.5, 0.6) is 0 Å². The second-order valence-corrected chi connectivity index (χ2v) is 3.92. The number of fused-ring (bicyclic) bond motifs is 3. The summed E-state index contributed by atoms with van der Waals surface area (Å²) in [7, 11) is 0. The Bertz CT molecular complexity index is 677. The monoisotopic (exact) mass is 206 g/mol.